The van der Waals surface area contributed by atoms with E-state index in [-0.39, 0.29) is 29.7 Å². The first-order chi connectivity index (χ1) is 12.4. The third kappa shape index (κ3) is 3.91. The van der Waals surface area contributed by atoms with Crippen LogP contribution in [-0.2, 0) is 16.0 Å². The summed E-state index contributed by atoms with van der Waals surface area (Å²) in [5.41, 5.74) is 3.14. The van der Waals surface area contributed by atoms with E-state index in [1.54, 1.807) is 19.1 Å². The Morgan fingerprint density at radius 3 is 2.77 bits per heavy atom. The number of carboxylic acid groups (broad SMARTS) is 1. The Morgan fingerprint density at radius 2 is 2.00 bits per heavy atom. The highest BCUT2D eigenvalue weighted by atomic mass is 16.4. The molecule has 6 heteroatoms. The van der Waals surface area contributed by atoms with Crippen molar-refractivity contribution >= 4 is 29.2 Å². The topological polar surface area (TPSA) is 95.5 Å². The van der Waals surface area contributed by atoms with Crippen molar-refractivity contribution in [3.05, 3.63) is 59.2 Å². The number of aromatic carboxylic acids is 1. The fraction of sp³-hybridized carbons (Fsp3) is 0.250. The first-order valence-electron chi connectivity index (χ1n) is 8.46. The molecule has 1 aliphatic rings. The molecule has 0 fully saturated rings. The van der Waals surface area contributed by atoms with Crippen molar-refractivity contribution < 1.29 is 19.5 Å². The molecule has 1 aliphatic heterocycles. The largest absolute Gasteiger partial charge is 0.478 e. The zero-order valence-electron chi connectivity index (χ0n) is 14.4. The minimum atomic E-state index is -1.03. The van der Waals surface area contributed by atoms with Crippen LogP contribution in [0, 0.1) is 12.8 Å². The van der Waals surface area contributed by atoms with E-state index in [0.29, 0.717) is 24.1 Å². The summed E-state index contributed by atoms with van der Waals surface area (Å²) in [5.74, 6) is -1.59. The number of para-hydroxylation sites is 1. The van der Waals surface area contributed by atoms with Gasteiger partial charge in [0.15, 0.2) is 0 Å². The number of hydrogen-bond donors (Lipinski definition) is 3. The Hall–Kier alpha value is -3.15. The zero-order chi connectivity index (χ0) is 18.7. The van der Waals surface area contributed by atoms with Crippen LogP contribution >= 0.6 is 0 Å². The van der Waals surface area contributed by atoms with Gasteiger partial charge in [0.25, 0.3) is 0 Å². The number of rotatable bonds is 5. The van der Waals surface area contributed by atoms with Crippen LogP contribution in [0.2, 0.25) is 0 Å². The number of anilines is 2. The molecule has 2 amide bonds. The second-order valence-electron chi connectivity index (χ2n) is 6.47. The lowest BCUT2D eigenvalue weighted by molar-refractivity contribution is -0.121. The van der Waals surface area contributed by atoms with Crippen molar-refractivity contribution in [2.24, 2.45) is 5.92 Å². The van der Waals surface area contributed by atoms with Crippen LogP contribution in [0.3, 0.4) is 0 Å². The first-order valence-corrected chi connectivity index (χ1v) is 8.46. The maximum absolute atomic E-state index is 12.2. The van der Waals surface area contributed by atoms with Crippen LogP contribution in [0.4, 0.5) is 11.4 Å². The van der Waals surface area contributed by atoms with E-state index in [0.717, 1.165) is 11.3 Å². The number of amides is 2. The minimum absolute atomic E-state index is 0.0694. The van der Waals surface area contributed by atoms with E-state index in [9.17, 15) is 14.4 Å². The molecule has 0 saturated heterocycles. The third-order valence-electron chi connectivity index (χ3n) is 4.58. The SMILES string of the molecule is Cc1ccc(NC(=O)CCC2Cc3ccccc3NC2=O)cc1C(=O)O. The number of benzene rings is 2. The summed E-state index contributed by atoms with van der Waals surface area (Å²) in [5, 5.41) is 14.7. The number of nitrogens with one attached hydrogen (secondary N) is 2. The van der Waals surface area contributed by atoms with Gasteiger partial charge in [-0.05, 0) is 49.1 Å². The second-order valence-corrected chi connectivity index (χ2v) is 6.47. The highest BCUT2D eigenvalue weighted by Gasteiger charge is 2.26. The van der Waals surface area contributed by atoms with Gasteiger partial charge in [0.05, 0.1) is 5.56 Å². The van der Waals surface area contributed by atoms with Gasteiger partial charge in [0.1, 0.15) is 0 Å². The monoisotopic (exact) mass is 352 g/mol. The predicted molar refractivity (Wildman–Crippen MR) is 98.3 cm³/mol. The molecule has 134 valence electrons. The number of carbonyl (C=O) groups is 3. The third-order valence-corrected chi connectivity index (χ3v) is 4.58. The molecule has 1 heterocycles. The van der Waals surface area contributed by atoms with Crippen LogP contribution in [0.15, 0.2) is 42.5 Å². The van der Waals surface area contributed by atoms with Crippen LogP contribution < -0.4 is 10.6 Å². The molecular formula is C20H20N2O4. The van der Waals surface area contributed by atoms with Crippen molar-refractivity contribution in [2.45, 2.75) is 26.2 Å². The number of fused-ring (bicyclic) bond motifs is 1. The number of carboxylic acids is 1. The van der Waals surface area contributed by atoms with E-state index < -0.39 is 5.97 Å². The number of carbonyl (C=O) groups excluding carboxylic acids is 2. The Bertz CT molecular complexity index is 876. The van der Waals surface area contributed by atoms with Crippen LogP contribution in [0.25, 0.3) is 0 Å². The van der Waals surface area contributed by atoms with Crippen LogP contribution in [0.5, 0.6) is 0 Å². The highest BCUT2D eigenvalue weighted by Crippen LogP contribution is 2.27. The van der Waals surface area contributed by atoms with Gasteiger partial charge < -0.3 is 15.7 Å². The molecule has 0 radical (unpaired) electrons. The first kappa shape index (κ1) is 17.7. The zero-order valence-corrected chi connectivity index (χ0v) is 14.4. The lowest BCUT2D eigenvalue weighted by Gasteiger charge is -2.24. The molecule has 6 nitrogen and oxygen atoms in total. The fourth-order valence-corrected chi connectivity index (χ4v) is 3.11. The molecule has 0 bridgehead atoms. The Labute approximate surface area is 151 Å². The summed E-state index contributed by atoms with van der Waals surface area (Å²) < 4.78 is 0. The quantitative estimate of drug-likeness (QED) is 0.770. The molecule has 1 atom stereocenters. The molecule has 0 aliphatic carbocycles. The van der Waals surface area contributed by atoms with E-state index in [1.165, 1.54) is 6.07 Å². The van der Waals surface area contributed by atoms with Crippen molar-refractivity contribution in [3.63, 3.8) is 0 Å². The summed E-state index contributed by atoms with van der Waals surface area (Å²) in [4.78, 5) is 35.5. The molecule has 26 heavy (non-hydrogen) atoms. The van der Waals surface area contributed by atoms with Gasteiger partial charge >= 0.3 is 5.97 Å². The molecule has 2 aromatic rings. The minimum Gasteiger partial charge on any atom is -0.478 e. The van der Waals surface area contributed by atoms with Gasteiger partial charge in [-0.2, -0.15) is 0 Å². The van der Waals surface area contributed by atoms with Gasteiger partial charge in [0.2, 0.25) is 11.8 Å². The molecule has 3 rings (SSSR count). The van der Waals surface area contributed by atoms with Crippen molar-refractivity contribution in [3.8, 4) is 0 Å². The molecule has 0 spiro atoms. The molecular weight excluding hydrogens is 332 g/mol. The average Bonchev–Trinajstić information content (AvgIpc) is 2.61. The lowest BCUT2D eigenvalue weighted by Crippen LogP contribution is -2.30. The number of aryl methyl sites for hydroxylation is 1. The van der Waals surface area contributed by atoms with Crippen molar-refractivity contribution in [2.75, 3.05) is 10.6 Å². The maximum atomic E-state index is 12.2. The molecule has 0 aromatic heterocycles. The second kappa shape index (κ2) is 7.39. The van der Waals surface area contributed by atoms with E-state index in [1.807, 2.05) is 24.3 Å². The Morgan fingerprint density at radius 1 is 1.23 bits per heavy atom. The summed E-state index contributed by atoms with van der Waals surface area (Å²) in [7, 11) is 0. The lowest BCUT2D eigenvalue weighted by atomic mass is 9.89. The fourth-order valence-electron chi connectivity index (χ4n) is 3.11. The van der Waals surface area contributed by atoms with E-state index >= 15 is 0 Å². The molecule has 3 N–H and O–H groups in total. The summed E-state index contributed by atoms with van der Waals surface area (Å²) >= 11 is 0. The summed E-state index contributed by atoms with van der Waals surface area (Å²) in [6, 6.07) is 12.4. The summed E-state index contributed by atoms with van der Waals surface area (Å²) in [6.07, 6.45) is 1.24. The van der Waals surface area contributed by atoms with Crippen molar-refractivity contribution in [1.82, 2.24) is 0 Å². The standard InChI is InChI=1S/C20H20N2O4/c1-12-6-8-15(11-16(12)20(25)26)21-18(23)9-7-14-10-13-4-2-3-5-17(13)22-19(14)24/h2-6,8,11,14H,7,9-10H2,1H3,(H,21,23)(H,22,24)(H,25,26). The maximum Gasteiger partial charge on any atom is 0.336 e. The van der Waals surface area contributed by atoms with Gasteiger partial charge in [-0.1, -0.05) is 24.3 Å². The van der Waals surface area contributed by atoms with Gasteiger partial charge in [-0.3, -0.25) is 9.59 Å². The van der Waals surface area contributed by atoms with E-state index in [4.69, 9.17) is 5.11 Å². The van der Waals surface area contributed by atoms with Crippen LogP contribution in [0.1, 0.15) is 34.3 Å². The Balaban J connectivity index is 1.59. The highest BCUT2D eigenvalue weighted by molar-refractivity contribution is 5.97. The Kier molecular flexibility index (Phi) is 5.02. The smallest absolute Gasteiger partial charge is 0.336 e. The predicted octanol–water partition coefficient (Wildman–Crippen LogP) is 3.22. The summed E-state index contributed by atoms with van der Waals surface area (Å²) in [6.45, 7) is 1.70. The normalized spacial score (nSPS) is 15.7. The van der Waals surface area contributed by atoms with E-state index in [2.05, 4.69) is 10.6 Å². The van der Waals surface area contributed by atoms with Crippen molar-refractivity contribution in [1.29, 1.82) is 0 Å². The van der Waals surface area contributed by atoms with Gasteiger partial charge in [-0.25, -0.2) is 4.79 Å². The van der Waals surface area contributed by atoms with Crippen LogP contribution in [-0.4, -0.2) is 22.9 Å². The number of hydrogen-bond acceptors (Lipinski definition) is 3. The average molecular weight is 352 g/mol. The van der Waals surface area contributed by atoms with Gasteiger partial charge in [0, 0.05) is 23.7 Å². The molecule has 0 saturated carbocycles. The molecule has 2 aromatic carbocycles. The molecule has 1 unspecified atom stereocenters. The van der Waals surface area contributed by atoms with Gasteiger partial charge in [-0.15, -0.1) is 0 Å².